The van der Waals surface area contributed by atoms with E-state index in [1.165, 1.54) is 12.6 Å². The van der Waals surface area contributed by atoms with Gasteiger partial charge in [-0.2, -0.15) is 5.26 Å². The third-order valence-electron chi connectivity index (χ3n) is 3.59. The van der Waals surface area contributed by atoms with Crippen LogP contribution < -0.4 is 5.32 Å². The summed E-state index contributed by atoms with van der Waals surface area (Å²) in [6.07, 6.45) is 6.81. The van der Waals surface area contributed by atoms with Crippen molar-refractivity contribution in [3.8, 4) is 6.07 Å². The molecule has 1 aliphatic rings. The third kappa shape index (κ3) is 3.44. The summed E-state index contributed by atoms with van der Waals surface area (Å²) in [6, 6.07) is 4.65. The Morgan fingerprint density at radius 2 is 2.16 bits per heavy atom. The van der Waals surface area contributed by atoms with Crippen LogP contribution in [0.25, 0.3) is 0 Å². The fourth-order valence-corrected chi connectivity index (χ4v) is 2.57. The normalized spacial score (nSPS) is 17.4. The number of carbonyl (C=O) groups is 1. The molecule has 1 heterocycles. The van der Waals surface area contributed by atoms with Crippen molar-refractivity contribution >= 4 is 11.7 Å². The molecular formula is C14H17N3O2. The van der Waals surface area contributed by atoms with Crippen LogP contribution in [0.5, 0.6) is 0 Å². The van der Waals surface area contributed by atoms with Crippen molar-refractivity contribution in [3.05, 3.63) is 24.0 Å². The van der Waals surface area contributed by atoms with Gasteiger partial charge in [-0.05, 0) is 30.9 Å². The predicted molar refractivity (Wildman–Crippen MR) is 70.6 cm³/mol. The molecule has 1 aliphatic carbocycles. The molecule has 5 nitrogen and oxygen atoms in total. The SMILES string of the molecule is N#Cc1ccc(NC(C(=O)O)C2CCCCC2)cn1. The summed E-state index contributed by atoms with van der Waals surface area (Å²) >= 11 is 0. The van der Waals surface area contributed by atoms with Crippen LogP contribution in [-0.4, -0.2) is 22.1 Å². The Bertz CT molecular complexity index is 472. The molecule has 2 rings (SSSR count). The van der Waals surface area contributed by atoms with Crippen molar-refractivity contribution in [2.24, 2.45) is 5.92 Å². The van der Waals surface area contributed by atoms with Crippen LogP contribution in [0, 0.1) is 17.2 Å². The largest absolute Gasteiger partial charge is 0.480 e. The Kier molecular flexibility index (Phi) is 4.35. The number of anilines is 1. The highest BCUT2D eigenvalue weighted by Crippen LogP contribution is 2.28. The Balaban J connectivity index is 2.07. The van der Waals surface area contributed by atoms with Gasteiger partial charge in [0.25, 0.3) is 0 Å². The van der Waals surface area contributed by atoms with Crippen molar-refractivity contribution in [2.75, 3.05) is 5.32 Å². The summed E-state index contributed by atoms with van der Waals surface area (Å²) in [5, 5.41) is 21.1. The first kappa shape index (κ1) is 13.3. The number of carboxylic acids is 1. The molecule has 100 valence electrons. The molecule has 2 N–H and O–H groups in total. The number of hydrogen-bond acceptors (Lipinski definition) is 4. The fourth-order valence-electron chi connectivity index (χ4n) is 2.57. The summed E-state index contributed by atoms with van der Waals surface area (Å²) < 4.78 is 0. The summed E-state index contributed by atoms with van der Waals surface area (Å²) in [5.41, 5.74) is 0.979. The number of pyridine rings is 1. The number of nitrogens with zero attached hydrogens (tertiary/aromatic N) is 2. The minimum atomic E-state index is -0.823. The topological polar surface area (TPSA) is 86.0 Å². The van der Waals surface area contributed by atoms with Crippen molar-refractivity contribution in [2.45, 2.75) is 38.1 Å². The highest BCUT2D eigenvalue weighted by molar-refractivity contribution is 5.77. The maximum Gasteiger partial charge on any atom is 0.326 e. The van der Waals surface area contributed by atoms with Crippen LogP contribution in [0.3, 0.4) is 0 Å². The second-order valence-electron chi connectivity index (χ2n) is 4.90. The Morgan fingerprint density at radius 1 is 1.42 bits per heavy atom. The van der Waals surface area contributed by atoms with Gasteiger partial charge in [-0.25, -0.2) is 9.78 Å². The van der Waals surface area contributed by atoms with E-state index in [0.29, 0.717) is 11.4 Å². The van der Waals surface area contributed by atoms with E-state index < -0.39 is 12.0 Å². The monoisotopic (exact) mass is 259 g/mol. The first-order valence-electron chi connectivity index (χ1n) is 6.56. The number of rotatable bonds is 4. The summed E-state index contributed by atoms with van der Waals surface area (Å²) in [6.45, 7) is 0. The molecule has 1 saturated carbocycles. The molecule has 19 heavy (non-hydrogen) atoms. The van der Waals surface area contributed by atoms with Crippen LogP contribution >= 0.6 is 0 Å². The number of hydrogen-bond donors (Lipinski definition) is 2. The van der Waals surface area contributed by atoms with Gasteiger partial charge in [-0.15, -0.1) is 0 Å². The van der Waals surface area contributed by atoms with E-state index in [9.17, 15) is 9.90 Å². The van der Waals surface area contributed by atoms with Gasteiger partial charge >= 0.3 is 5.97 Å². The molecule has 0 spiro atoms. The molecule has 0 saturated heterocycles. The van der Waals surface area contributed by atoms with Gasteiger partial charge in [0.05, 0.1) is 11.9 Å². The van der Waals surface area contributed by atoms with Gasteiger partial charge < -0.3 is 10.4 Å². The molecule has 0 bridgehead atoms. The van der Waals surface area contributed by atoms with Gasteiger partial charge in [-0.1, -0.05) is 19.3 Å². The zero-order valence-electron chi connectivity index (χ0n) is 10.7. The van der Waals surface area contributed by atoms with E-state index in [4.69, 9.17) is 5.26 Å². The van der Waals surface area contributed by atoms with E-state index in [1.54, 1.807) is 12.1 Å². The molecule has 1 aromatic heterocycles. The lowest BCUT2D eigenvalue weighted by Gasteiger charge is -2.28. The molecule has 0 radical (unpaired) electrons. The maximum absolute atomic E-state index is 11.4. The molecule has 1 atom stereocenters. The van der Waals surface area contributed by atoms with E-state index >= 15 is 0 Å². The smallest absolute Gasteiger partial charge is 0.326 e. The van der Waals surface area contributed by atoms with Gasteiger partial charge in [0.1, 0.15) is 17.8 Å². The number of nitrogens with one attached hydrogen (secondary N) is 1. The molecule has 5 heteroatoms. The standard InChI is InChI=1S/C14H17N3O2/c15-8-11-6-7-12(9-16-11)17-13(14(18)19)10-4-2-1-3-5-10/h6-7,9-10,13,17H,1-5H2,(H,18,19). The number of nitriles is 1. The van der Waals surface area contributed by atoms with Gasteiger partial charge in [0.2, 0.25) is 0 Å². The fraction of sp³-hybridized carbons (Fsp3) is 0.500. The molecule has 1 fully saturated rings. The van der Waals surface area contributed by atoms with Crippen LogP contribution in [0.4, 0.5) is 5.69 Å². The van der Waals surface area contributed by atoms with Crippen molar-refractivity contribution < 1.29 is 9.90 Å². The number of carboxylic acid groups (broad SMARTS) is 1. The molecule has 0 aliphatic heterocycles. The van der Waals surface area contributed by atoms with Crippen LogP contribution in [0.15, 0.2) is 18.3 Å². The zero-order valence-corrected chi connectivity index (χ0v) is 10.7. The molecule has 0 amide bonds. The lowest BCUT2D eigenvalue weighted by Crippen LogP contribution is -2.38. The molecule has 1 aromatic rings. The van der Waals surface area contributed by atoms with Gasteiger partial charge in [0, 0.05) is 0 Å². The van der Waals surface area contributed by atoms with Crippen LogP contribution in [0.1, 0.15) is 37.8 Å². The average Bonchev–Trinajstić information content (AvgIpc) is 2.46. The summed E-state index contributed by atoms with van der Waals surface area (Å²) in [4.78, 5) is 15.3. The first-order valence-corrected chi connectivity index (χ1v) is 6.56. The highest BCUT2D eigenvalue weighted by atomic mass is 16.4. The quantitative estimate of drug-likeness (QED) is 0.867. The van der Waals surface area contributed by atoms with Gasteiger partial charge in [-0.3, -0.25) is 0 Å². The number of aromatic nitrogens is 1. The van der Waals surface area contributed by atoms with Gasteiger partial charge in [0.15, 0.2) is 0 Å². The van der Waals surface area contributed by atoms with E-state index in [0.717, 1.165) is 25.7 Å². The minimum Gasteiger partial charge on any atom is -0.480 e. The average molecular weight is 259 g/mol. The number of aliphatic carboxylic acids is 1. The van der Waals surface area contributed by atoms with E-state index in [2.05, 4.69) is 10.3 Å². The van der Waals surface area contributed by atoms with E-state index in [-0.39, 0.29) is 5.92 Å². The van der Waals surface area contributed by atoms with Crippen LogP contribution in [-0.2, 0) is 4.79 Å². The molecule has 1 unspecified atom stereocenters. The molecule has 0 aromatic carbocycles. The third-order valence-corrected chi connectivity index (χ3v) is 3.59. The zero-order chi connectivity index (χ0) is 13.7. The van der Waals surface area contributed by atoms with Crippen LogP contribution in [0.2, 0.25) is 0 Å². The minimum absolute atomic E-state index is 0.168. The second kappa shape index (κ2) is 6.19. The van der Waals surface area contributed by atoms with E-state index in [1.807, 2.05) is 6.07 Å². The predicted octanol–water partition coefficient (Wildman–Crippen LogP) is 2.40. The summed E-state index contributed by atoms with van der Waals surface area (Å²) in [5.74, 6) is -0.654. The second-order valence-corrected chi connectivity index (χ2v) is 4.90. The Hall–Kier alpha value is -2.09. The summed E-state index contributed by atoms with van der Waals surface area (Å²) in [7, 11) is 0. The maximum atomic E-state index is 11.4. The Morgan fingerprint density at radius 3 is 2.68 bits per heavy atom. The lowest BCUT2D eigenvalue weighted by atomic mass is 9.84. The Labute approximate surface area is 112 Å². The van der Waals surface area contributed by atoms with Crippen molar-refractivity contribution in [1.29, 1.82) is 5.26 Å². The van der Waals surface area contributed by atoms with Crippen molar-refractivity contribution in [1.82, 2.24) is 4.98 Å². The first-order chi connectivity index (χ1) is 9.20. The highest BCUT2D eigenvalue weighted by Gasteiger charge is 2.29. The lowest BCUT2D eigenvalue weighted by molar-refractivity contribution is -0.139. The van der Waals surface area contributed by atoms with Crippen molar-refractivity contribution in [3.63, 3.8) is 0 Å². The molecular weight excluding hydrogens is 242 g/mol.